The van der Waals surface area contributed by atoms with Crippen LogP contribution in [0.3, 0.4) is 0 Å². The molecule has 0 unspecified atom stereocenters. The molecule has 1 fully saturated rings. The van der Waals surface area contributed by atoms with Crippen LogP contribution in [-0.4, -0.2) is 43.1 Å². The summed E-state index contributed by atoms with van der Waals surface area (Å²) >= 11 is 0. The lowest BCUT2D eigenvalue weighted by Crippen LogP contribution is -2.62. The van der Waals surface area contributed by atoms with E-state index in [-0.39, 0.29) is 11.6 Å². The first kappa shape index (κ1) is 14.1. The van der Waals surface area contributed by atoms with E-state index in [0.29, 0.717) is 32.0 Å². The van der Waals surface area contributed by atoms with Crippen molar-refractivity contribution in [3.8, 4) is 0 Å². The number of aromatic nitrogens is 1. The number of hydrogen-bond acceptors (Lipinski definition) is 4. The molecule has 0 radical (unpaired) electrons. The molecule has 1 saturated heterocycles. The number of halogens is 3. The zero-order chi connectivity index (χ0) is 15.2. The van der Waals surface area contributed by atoms with Gasteiger partial charge < -0.3 is 15.1 Å². The minimum Gasteiger partial charge on any atom is -0.340 e. The topological polar surface area (TPSA) is 48.5 Å². The van der Waals surface area contributed by atoms with Gasteiger partial charge >= 0.3 is 6.18 Å². The molecule has 3 rings (SSSR count). The summed E-state index contributed by atoms with van der Waals surface area (Å²) < 4.78 is 38.6. The van der Waals surface area contributed by atoms with E-state index in [1.807, 2.05) is 0 Å². The maximum Gasteiger partial charge on any atom is 0.417 e. The number of amides is 1. The van der Waals surface area contributed by atoms with Gasteiger partial charge in [0.2, 0.25) is 0 Å². The molecule has 1 aromatic heterocycles. The van der Waals surface area contributed by atoms with Crippen molar-refractivity contribution >= 4 is 17.4 Å². The third-order valence-electron chi connectivity index (χ3n) is 3.85. The van der Waals surface area contributed by atoms with Crippen LogP contribution in [-0.2, 0) is 11.0 Å². The quantitative estimate of drug-likeness (QED) is 0.848. The number of hydrogen-bond donors (Lipinski definition) is 1. The fourth-order valence-corrected chi connectivity index (χ4v) is 2.82. The van der Waals surface area contributed by atoms with Gasteiger partial charge in [-0.2, -0.15) is 13.2 Å². The third kappa shape index (κ3) is 2.23. The highest BCUT2D eigenvalue weighted by molar-refractivity contribution is 6.05. The summed E-state index contributed by atoms with van der Waals surface area (Å²) in [5, 5.41) is 3.13. The molecule has 1 N–H and O–H groups in total. The van der Waals surface area contributed by atoms with E-state index in [1.165, 1.54) is 4.90 Å². The zero-order valence-electron chi connectivity index (χ0n) is 11.4. The van der Waals surface area contributed by atoms with Crippen molar-refractivity contribution in [1.29, 1.82) is 0 Å². The molecule has 5 nitrogen and oxygen atoms in total. The number of pyridine rings is 1. The molecule has 0 bridgehead atoms. The number of rotatable bonds is 1. The lowest BCUT2D eigenvalue weighted by molar-refractivity contribution is -0.137. The van der Waals surface area contributed by atoms with E-state index in [4.69, 9.17) is 0 Å². The smallest absolute Gasteiger partial charge is 0.340 e. The standard InChI is InChI=1S/C13H15F3N4O/c1-2-19-9-5-8(13(14,15)16)6-18-11(9)20-4-3-17-7-10(20)12(19)21/h5-6,10,17H,2-4,7H2,1H3/t10-/m1/s1. The molecule has 0 spiro atoms. The summed E-state index contributed by atoms with van der Waals surface area (Å²) in [6.45, 7) is 3.78. The molecule has 0 aliphatic carbocycles. The molecule has 2 aliphatic heterocycles. The second-order valence-corrected chi connectivity index (χ2v) is 5.06. The Kier molecular flexibility index (Phi) is 3.27. The Morgan fingerprint density at radius 1 is 1.48 bits per heavy atom. The summed E-state index contributed by atoms with van der Waals surface area (Å²) in [6, 6.07) is 0.623. The fraction of sp³-hybridized carbons (Fsp3) is 0.538. The number of nitrogens with zero attached hydrogens (tertiary/aromatic N) is 3. The van der Waals surface area contributed by atoms with Gasteiger partial charge in [0, 0.05) is 32.4 Å². The van der Waals surface area contributed by atoms with Gasteiger partial charge in [-0.15, -0.1) is 0 Å². The predicted molar refractivity (Wildman–Crippen MR) is 71.3 cm³/mol. The SMILES string of the molecule is CCN1C(=O)[C@H]2CNCCN2c2ncc(C(F)(F)F)cc21. The van der Waals surface area contributed by atoms with Crippen LogP contribution in [0.25, 0.3) is 0 Å². The predicted octanol–water partition coefficient (Wildman–Crippen LogP) is 1.25. The van der Waals surface area contributed by atoms with Crippen LogP contribution in [0.4, 0.5) is 24.7 Å². The van der Waals surface area contributed by atoms with Crippen molar-refractivity contribution in [3.63, 3.8) is 0 Å². The monoisotopic (exact) mass is 300 g/mol. The van der Waals surface area contributed by atoms with Crippen molar-refractivity contribution in [3.05, 3.63) is 17.8 Å². The van der Waals surface area contributed by atoms with Crippen molar-refractivity contribution in [2.24, 2.45) is 0 Å². The van der Waals surface area contributed by atoms with E-state index in [2.05, 4.69) is 10.3 Å². The number of carbonyl (C=O) groups excluding carboxylic acids is 1. The van der Waals surface area contributed by atoms with Gasteiger partial charge in [0.25, 0.3) is 5.91 Å². The van der Waals surface area contributed by atoms with Gasteiger partial charge in [-0.25, -0.2) is 4.98 Å². The summed E-state index contributed by atoms with van der Waals surface area (Å²) in [4.78, 5) is 19.6. The van der Waals surface area contributed by atoms with Gasteiger partial charge in [-0.05, 0) is 13.0 Å². The number of alkyl halides is 3. The van der Waals surface area contributed by atoms with Crippen molar-refractivity contribution in [1.82, 2.24) is 10.3 Å². The number of nitrogens with one attached hydrogen (secondary N) is 1. The molecule has 1 amide bonds. The Morgan fingerprint density at radius 2 is 2.24 bits per heavy atom. The Bertz CT molecular complexity index is 575. The second kappa shape index (κ2) is 4.87. The summed E-state index contributed by atoms with van der Waals surface area (Å²) in [5.41, 5.74) is -0.587. The maximum atomic E-state index is 12.9. The van der Waals surface area contributed by atoms with Crippen LogP contribution in [0.2, 0.25) is 0 Å². The lowest BCUT2D eigenvalue weighted by atomic mass is 10.1. The highest BCUT2D eigenvalue weighted by atomic mass is 19.4. The second-order valence-electron chi connectivity index (χ2n) is 5.06. The zero-order valence-corrected chi connectivity index (χ0v) is 11.4. The minimum absolute atomic E-state index is 0.182. The molecular weight excluding hydrogens is 285 g/mol. The summed E-state index contributed by atoms with van der Waals surface area (Å²) in [6.07, 6.45) is -3.63. The minimum atomic E-state index is -4.47. The van der Waals surface area contributed by atoms with E-state index in [1.54, 1.807) is 11.8 Å². The number of carbonyl (C=O) groups is 1. The molecule has 0 saturated carbocycles. The first-order valence-corrected chi connectivity index (χ1v) is 6.79. The number of likely N-dealkylation sites (N-methyl/N-ethyl adjacent to an activating group) is 1. The molecule has 21 heavy (non-hydrogen) atoms. The average molecular weight is 300 g/mol. The Balaban J connectivity index is 2.11. The fourth-order valence-electron chi connectivity index (χ4n) is 2.82. The molecular formula is C13H15F3N4O. The van der Waals surface area contributed by atoms with E-state index in [9.17, 15) is 18.0 Å². The highest BCUT2D eigenvalue weighted by Gasteiger charge is 2.41. The van der Waals surface area contributed by atoms with Gasteiger partial charge in [-0.1, -0.05) is 0 Å². The van der Waals surface area contributed by atoms with Gasteiger partial charge in [0.15, 0.2) is 5.82 Å². The number of anilines is 2. The van der Waals surface area contributed by atoms with Gasteiger partial charge in [0.1, 0.15) is 6.04 Å². The Labute approximate surface area is 119 Å². The summed E-state index contributed by atoms with van der Waals surface area (Å²) in [5.74, 6) is 0.272. The third-order valence-corrected chi connectivity index (χ3v) is 3.85. The van der Waals surface area contributed by atoms with Crippen LogP contribution in [0.5, 0.6) is 0 Å². The van der Waals surface area contributed by atoms with Crippen LogP contribution >= 0.6 is 0 Å². The first-order chi connectivity index (χ1) is 9.93. The van der Waals surface area contributed by atoms with Crippen LogP contribution < -0.4 is 15.1 Å². The van der Waals surface area contributed by atoms with Gasteiger partial charge in [-0.3, -0.25) is 4.79 Å². The van der Waals surface area contributed by atoms with Crippen molar-refractivity contribution in [2.45, 2.75) is 19.1 Å². The van der Waals surface area contributed by atoms with E-state index in [0.717, 1.165) is 12.3 Å². The molecule has 1 aromatic rings. The van der Waals surface area contributed by atoms with Crippen molar-refractivity contribution in [2.75, 3.05) is 36.0 Å². The van der Waals surface area contributed by atoms with E-state index >= 15 is 0 Å². The largest absolute Gasteiger partial charge is 0.417 e. The van der Waals surface area contributed by atoms with Crippen LogP contribution in [0.15, 0.2) is 12.3 Å². The lowest BCUT2D eigenvalue weighted by Gasteiger charge is -2.44. The molecule has 8 heteroatoms. The Hall–Kier alpha value is -1.83. The molecule has 0 aromatic carbocycles. The van der Waals surface area contributed by atoms with Gasteiger partial charge in [0.05, 0.1) is 11.3 Å². The molecule has 1 atom stereocenters. The van der Waals surface area contributed by atoms with Crippen molar-refractivity contribution < 1.29 is 18.0 Å². The van der Waals surface area contributed by atoms with E-state index < -0.39 is 17.8 Å². The Morgan fingerprint density at radius 3 is 2.90 bits per heavy atom. The number of piperazine rings is 1. The number of fused-ring (bicyclic) bond motifs is 3. The highest BCUT2D eigenvalue weighted by Crippen LogP contribution is 2.39. The first-order valence-electron chi connectivity index (χ1n) is 6.79. The molecule has 114 valence electrons. The van der Waals surface area contributed by atoms with Crippen LogP contribution in [0.1, 0.15) is 12.5 Å². The molecule has 2 aliphatic rings. The van der Waals surface area contributed by atoms with Crippen LogP contribution in [0, 0.1) is 0 Å². The molecule has 3 heterocycles. The average Bonchev–Trinajstić information content (AvgIpc) is 2.46. The summed E-state index contributed by atoms with van der Waals surface area (Å²) in [7, 11) is 0. The normalized spacial score (nSPS) is 22.1. The maximum absolute atomic E-state index is 12.9.